The Bertz CT molecular complexity index is 1530. The van der Waals surface area contributed by atoms with E-state index in [-0.39, 0.29) is 5.82 Å². The molecule has 0 saturated carbocycles. The van der Waals surface area contributed by atoms with Gasteiger partial charge in [-0.25, -0.2) is 4.39 Å². The molecule has 4 N–H and O–H groups in total. The number of nitrogens with zero attached hydrogens (tertiary/aromatic N) is 1. The van der Waals surface area contributed by atoms with Gasteiger partial charge in [-0.3, -0.25) is 0 Å². The molecule has 178 valence electrons. The predicted octanol–water partition coefficient (Wildman–Crippen LogP) is 7.14. The van der Waals surface area contributed by atoms with E-state index in [4.69, 9.17) is 16.2 Å². The Labute approximate surface area is 209 Å². The molecule has 2 aliphatic rings. The van der Waals surface area contributed by atoms with Crippen molar-refractivity contribution in [2.45, 2.75) is 6.92 Å². The van der Waals surface area contributed by atoms with Crippen LogP contribution in [0.15, 0.2) is 116 Å². The van der Waals surface area contributed by atoms with Gasteiger partial charge in [0.1, 0.15) is 5.82 Å². The number of hydrogen-bond donors (Lipinski definition) is 2. The van der Waals surface area contributed by atoms with Gasteiger partial charge in [0.15, 0.2) is 11.5 Å². The summed E-state index contributed by atoms with van der Waals surface area (Å²) in [6, 6.07) is 25.0. The molecule has 0 atom stereocenters. The van der Waals surface area contributed by atoms with Crippen molar-refractivity contribution in [3.63, 3.8) is 0 Å². The zero-order valence-corrected chi connectivity index (χ0v) is 20.0. The minimum Gasteiger partial charge on any atom is -0.453 e. The molecule has 4 nitrogen and oxygen atoms in total. The average molecular weight is 476 g/mol. The lowest BCUT2D eigenvalue weighted by Gasteiger charge is -2.33. The second kappa shape index (κ2) is 9.12. The second-order valence-electron chi connectivity index (χ2n) is 8.50. The van der Waals surface area contributed by atoms with Crippen molar-refractivity contribution < 1.29 is 9.13 Å². The Balaban J connectivity index is 0.000000152. The molecule has 1 aliphatic heterocycles. The summed E-state index contributed by atoms with van der Waals surface area (Å²) in [5.41, 5.74) is 18.5. The van der Waals surface area contributed by atoms with E-state index in [9.17, 15) is 4.39 Å². The second-order valence-corrected chi connectivity index (χ2v) is 8.50. The summed E-state index contributed by atoms with van der Waals surface area (Å²) >= 11 is 0. The SMILES string of the molecule is C=CC1=C(C=C)N(c2ccccc2)c2ccccc2O1.Cc1ccc2c3c(ccc(F)c13)C(N)=C2N. The number of rotatable bonds is 3. The molecule has 4 aromatic carbocycles. The van der Waals surface area contributed by atoms with Gasteiger partial charge >= 0.3 is 0 Å². The summed E-state index contributed by atoms with van der Waals surface area (Å²) in [5.74, 6) is 1.31. The molecule has 1 aliphatic carbocycles. The summed E-state index contributed by atoms with van der Waals surface area (Å²) in [7, 11) is 0. The minimum atomic E-state index is -0.222. The van der Waals surface area contributed by atoms with Crippen LogP contribution in [0.5, 0.6) is 5.75 Å². The molecule has 1 heterocycles. The highest BCUT2D eigenvalue weighted by Crippen LogP contribution is 2.42. The summed E-state index contributed by atoms with van der Waals surface area (Å²) in [4.78, 5) is 2.13. The molecule has 0 aromatic heterocycles. The lowest BCUT2D eigenvalue weighted by molar-refractivity contribution is 0.431. The largest absolute Gasteiger partial charge is 0.453 e. The highest BCUT2D eigenvalue weighted by Gasteiger charge is 2.25. The number of hydrogen-bond acceptors (Lipinski definition) is 4. The molecule has 4 aromatic rings. The van der Waals surface area contributed by atoms with Crippen molar-refractivity contribution >= 4 is 33.5 Å². The molecular formula is C31H26FN3O. The fraction of sp³-hybridized carbons (Fsp3) is 0.0323. The van der Waals surface area contributed by atoms with Crippen LogP contribution >= 0.6 is 0 Å². The summed E-state index contributed by atoms with van der Waals surface area (Å²) in [5, 5.41) is 1.47. The van der Waals surface area contributed by atoms with E-state index >= 15 is 0 Å². The Morgan fingerprint density at radius 1 is 0.778 bits per heavy atom. The first-order chi connectivity index (χ1) is 17.5. The third kappa shape index (κ3) is 3.62. The standard InChI is InChI=1S/C18H15NO.C13H11FN2/c1-3-15-17(4-2)20-18-13-9-8-12-16(18)19(15)14-10-6-5-7-11-14;1-6-2-3-7-11-8(13(16)12(7)15)4-5-9(14)10(6)11/h3-13H,1-2H2;2-5H,15-16H2,1H3. The zero-order chi connectivity index (χ0) is 25.4. The highest BCUT2D eigenvalue weighted by atomic mass is 19.1. The highest BCUT2D eigenvalue weighted by molar-refractivity contribution is 6.13. The van der Waals surface area contributed by atoms with Crippen LogP contribution in [-0.4, -0.2) is 0 Å². The first kappa shape index (κ1) is 23.0. The van der Waals surface area contributed by atoms with Gasteiger partial charge < -0.3 is 21.1 Å². The number of aryl methyl sites for hydroxylation is 1. The Morgan fingerprint density at radius 2 is 1.42 bits per heavy atom. The molecule has 0 unspecified atom stereocenters. The normalized spacial score (nSPS) is 13.7. The number of allylic oxidation sites excluding steroid dienone is 2. The van der Waals surface area contributed by atoms with Crippen molar-refractivity contribution in [3.8, 4) is 5.75 Å². The van der Waals surface area contributed by atoms with Crippen LogP contribution in [0.1, 0.15) is 16.7 Å². The molecule has 36 heavy (non-hydrogen) atoms. The van der Waals surface area contributed by atoms with E-state index in [1.54, 1.807) is 18.2 Å². The molecule has 6 rings (SSSR count). The minimum absolute atomic E-state index is 0.222. The van der Waals surface area contributed by atoms with Gasteiger partial charge in [0, 0.05) is 27.6 Å². The van der Waals surface area contributed by atoms with E-state index in [2.05, 4.69) is 30.2 Å². The summed E-state index contributed by atoms with van der Waals surface area (Å²) < 4.78 is 19.7. The predicted molar refractivity (Wildman–Crippen MR) is 147 cm³/mol. The van der Waals surface area contributed by atoms with Crippen molar-refractivity contribution in [3.05, 3.63) is 138 Å². The first-order valence-electron chi connectivity index (χ1n) is 11.5. The molecule has 0 amide bonds. The Morgan fingerprint density at radius 3 is 2.08 bits per heavy atom. The van der Waals surface area contributed by atoms with Crippen molar-refractivity contribution in [2.24, 2.45) is 11.5 Å². The van der Waals surface area contributed by atoms with Crippen LogP contribution in [0, 0.1) is 12.7 Å². The van der Waals surface area contributed by atoms with Crippen LogP contribution in [0.25, 0.3) is 22.2 Å². The average Bonchev–Trinajstić information content (AvgIpc) is 3.16. The zero-order valence-electron chi connectivity index (χ0n) is 20.0. The lowest BCUT2D eigenvalue weighted by Crippen LogP contribution is -2.22. The van der Waals surface area contributed by atoms with Gasteiger partial charge in [0.05, 0.1) is 22.8 Å². The maximum atomic E-state index is 13.8. The van der Waals surface area contributed by atoms with Gasteiger partial charge in [0.2, 0.25) is 0 Å². The van der Waals surface area contributed by atoms with Crippen LogP contribution in [0.3, 0.4) is 0 Å². The number of benzene rings is 4. The van der Waals surface area contributed by atoms with Crippen molar-refractivity contribution in [1.82, 2.24) is 0 Å². The van der Waals surface area contributed by atoms with Crippen LogP contribution in [0.2, 0.25) is 0 Å². The van der Waals surface area contributed by atoms with Crippen molar-refractivity contribution in [2.75, 3.05) is 4.90 Å². The van der Waals surface area contributed by atoms with Crippen LogP contribution in [-0.2, 0) is 0 Å². The maximum absolute atomic E-state index is 13.8. The van der Waals surface area contributed by atoms with Gasteiger partial charge in [-0.15, -0.1) is 0 Å². The summed E-state index contributed by atoms with van der Waals surface area (Å²) in [6.45, 7) is 9.62. The van der Waals surface area contributed by atoms with Crippen LogP contribution in [0.4, 0.5) is 15.8 Å². The number of anilines is 2. The third-order valence-electron chi connectivity index (χ3n) is 6.40. The quantitative estimate of drug-likeness (QED) is 0.330. The number of ether oxygens (including phenoxy) is 1. The first-order valence-corrected chi connectivity index (χ1v) is 11.5. The van der Waals surface area contributed by atoms with Crippen molar-refractivity contribution in [1.29, 1.82) is 0 Å². The molecule has 0 fully saturated rings. The smallest absolute Gasteiger partial charge is 0.151 e. The molecule has 0 radical (unpaired) electrons. The Hall–Kier alpha value is -4.77. The lowest BCUT2D eigenvalue weighted by atomic mass is 9.99. The summed E-state index contributed by atoms with van der Waals surface area (Å²) in [6.07, 6.45) is 3.50. The van der Waals surface area contributed by atoms with E-state index in [0.717, 1.165) is 44.9 Å². The Kier molecular flexibility index (Phi) is 5.82. The van der Waals surface area contributed by atoms with Gasteiger partial charge in [0.25, 0.3) is 0 Å². The van der Waals surface area contributed by atoms with E-state index in [1.807, 2.05) is 61.5 Å². The number of halogens is 1. The number of fused-ring (bicyclic) bond motifs is 1. The van der Waals surface area contributed by atoms with Gasteiger partial charge in [-0.2, -0.15) is 0 Å². The van der Waals surface area contributed by atoms with Gasteiger partial charge in [-0.05, 0) is 61.0 Å². The van der Waals surface area contributed by atoms with E-state index in [0.29, 0.717) is 22.5 Å². The molecule has 0 spiro atoms. The fourth-order valence-corrected chi connectivity index (χ4v) is 4.69. The third-order valence-corrected chi connectivity index (χ3v) is 6.40. The van der Waals surface area contributed by atoms with E-state index in [1.165, 1.54) is 6.07 Å². The molecule has 5 heteroatoms. The maximum Gasteiger partial charge on any atom is 0.151 e. The molecular weight excluding hydrogens is 449 g/mol. The number of nitrogens with two attached hydrogens (primary N) is 2. The van der Waals surface area contributed by atoms with Crippen LogP contribution < -0.4 is 21.1 Å². The topological polar surface area (TPSA) is 64.5 Å². The monoisotopic (exact) mass is 475 g/mol. The van der Waals surface area contributed by atoms with E-state index < -0.39 is 0 Å². The molecule has 0 bridgehead atoms. The van der Waals surface area contributed by atoms with Gasteiger partial charge in [-0.1, -0.05) is 55.6 Å². The molecule has 0 saturated heterocycles. The number of para-hydroxylation sites is 3. The fourth-order valence-electron chi connectivity index (χ4n) is 4.69.